The molecule has 0 bridgehead atoms. The van der Waals surface area contributed by atoms with E-state index in [1.807, 2.05) is 0 Å². The fraction of sp³-hybridized carbons (Fsp3) is 0.0545. The first kappa shape index (κ1) is 33.2. The molecule has 0 fully saturated rings. The zero-order valence-corrected chi connectivity index (χ0v) is 31.9. The van der Waals surface area contributed by atoms with Crippen LogP contribution >= 0.6 is 0 Å². The Balaban J connectivity index is 1.14. The van der Waals surface area contributed by atoms with E-state index in [1.165, 1.54) is 50.1 Å². The lowest BCUT2D eigenvalue weighted by Gasteiger charge is -2.27. The van der Waals surface area contributed by atoms with Crippen molar-refractivity contribution in [1.82, 2.24) is 0 Å². The number of benzene rings is 9. The number of anilines is 3. The highest BCUT2D eigenvalue weighted by Gasteiger charge is 2.37. The molecule has 0 saturated heterocycles. The van der Waals surface area contributed by atoms with Crippen molar-refractivity contribution in [2.24, 2.45) is 0 Å². The first-order valence-electron chi connectivity index (χ1n) is 19.8. The van der Waals surface area contributed by atoms with Gasteiger partial charge in [0.15, 0.2) is 0 Å². The Kier molecular flexibility index (Phi) is 7.55. The Morgan fingerprint density at radius 3 is 1.75 bits per heavy atom. The SMILES string of the molecule is CC1(C)c2ccc(-c3cccc4oc5c6ccccc6c(N(c6ccccc6)c6ccc(-c7ccccc7)cc6)cc5c34)cc2-c2c(-c3ccccc3)cccc21. The van der Waals surface area contributed by atoms with E-state index in [-0.39, 0.29) is 5.41 Å². The molecule has 0 N–H and O–H groups in total. The third kappa shape index (κ3) is 5.25. The molecule has 11 rings (SSSR count). The van der Waals surface area contributed by atoms with E-state index in [4.69, 9.17) is 4.42 Å². The first-order chi connectivity index (χ1) is 28.0. The van der Waals surface area contributed by atoms with Gasteiger partial charge in [0, 0.05) is 38.3 Å². The summed E-state index contributed by atoms with van der Waals surface area (Å²) in [4.78, 5) is 2.39. The van der Waals surface area contributed by atoms with Gasteiger partial charge in [-0.2, -0.15) is 0 Å². The molecule has 2 heteroatoms. The van der Waals surface area contributed by atoms with Crippen molar-refractivity contribution < 1.29 is 4.42 Å². The maximum absolute atomic E-state index is 6.88. The smallest absolute Gasteiger partial charge is 0.143 e. The number of hydrogen-bond donors (Lipinski definition) is 0. The van der Waals surface area contributed by atoms with Gasteiger partial charge in [-0.05, 0) is 98.1 Å². The van der Waals surface area contributed by atoms with Crippen LogP contribution in [0.1, 0.15) is 25.0 Å². The maximum atomic E-state index is 6.88. The van der Waals surface area contributed by atoms with Crippen LogP contribution in [-0.2, 0) is 5.41 Å². The van der Waals surface area contributed by atoms with Crippen molar-refractivity contribution in [2.75, 3.05) is 4.90 Å². The molecule has 1 aromatic heterocycles. The topological polar surface area (TPSA) is 16.4 Å². The molecule has 1 aliphatic carbocycles. The van der Waals surface area contributed by atoms with Gasteiger partial charge >= 0.3 is 0 Å². The third-order valence-corrected chi connectivity index (χ3v) is 12.1. The molecule has 0 spiro atoms. The molecule has 57 heavy (non-hydrogen) atoms. The average Bonchev–Trinajstić information content (AvgIpc) is 3.77. The number of rotatable bonds is 6. The molecule has 0 radical (unpaired) electrons. The first-order valence-corrected chi connectivity index (χ1v) is 19.8. The van der Waals surface area contributed by atoms with E-state index >= 15 is 0 Å². The van der Waals surface area contributed by atoms with Crippen LogP contribution in [0, 0.1) is 0 Å². The molecule has 0 saturated carbocycles. The van der Waals surface area contributed by atoms with Gasteiger partial charge in [0.25, 0.3) is 0 Å². The van der Waals surface area contributed by atoms with Gasteiger partial charge in [-0.15, -0.1) is 0 Å². The molecule has 270 valence electrons. The molecular weight excluding hydrogens is 691 g/mol. The van der Waals surface area contributed by atoms with Crippen LogP contribution in [0.25, 0.3) is 77.2 Å². The van der Waals surface area contributed by atoms with Crippen molar-refractivity contribution in [3.8, 4) is 44.5 Å². The zero-order valence-electron chi connectivity index (χ0n) is 31.9. The van der Waals surface area contributed by atoms with E-state index < -0.39 is 0 Å². The Morgan fingerprint density at radius 2 is 1.00 bits per heavy atom. The van der Waals surface area contributed by atoms with Crippen LogP contribution in [0.4, 0.5) is 17.1 Å². The largest absolute Gasteiger partial charge is 0.455 e. The standard InChI is InChI=1S/C55H39NO/c1-55(2)48-33-30-39(34-46(48)52-42(24-14-26-49(52)55)38-18-8-4-9-19-38)43-25-15-27-51-53(43)47-35-50(44-22-12-13-23-45(44)54(47)57-51)56(40-20-10-5-11-21-40)41-31-28-37(29-32-41)36-16-6-3-7-17-36/h3-35H,1-2H3. The monoisotopic (exact) mass is 729 g/mol. The Hall–Kier alpha value is -7.16. The van der Waals surface area contributed by atoms with Crippen molar-refractivity contribution in [3.05, 3.63) is 211 Å². The predicted octanol–water partition coefficient (Wildman–Crippen LogP) is 15.5. The van der Waals surface area contributed by atoms with E-state index in [2.05, 4.69) is 219 Å². The van der Waals surface area contributed by atoms with Crippen molar-refractivity contribution >= 4 is 49.8 Å². The number of para-hydroxylation sites is 1. The fourth-order valence-electron chi connectivity index (χ4n) is 9.32. The lowest BCUT2D eigenvalue weighted by molar-refractivity contribution is 0.660. The van der Waals surface area contributed by atoms with Gasteiger partial charge in [-0.1, -0.05) is 172 Å². The predicted molar refractivity (Wildman–Crippen MR) is 240 cm³/mol. The summed E-state index contributed by atoms with van der Waals surface area (Å²) in [7, 11) is 0. The van der Waals surface area contributed by atoms with Gasteiger partial charge in [-0.3, -0.25) is 0 Å². The number of furan rings is 1. The maximum Gasteiger partial charge on any atom is 0.143 e. The summed E-state index contributed by atoms with van der Waals surface area (Å²) >= 11 is 0. The Bertz CT molecular complexity index is 3120. The summed E-state index contributed by atoms with van der Waals surface area (Å²) in [5.41, 5.74) is 17.6. The molecule has 0 aliphatic heterocycles. The van der Waals surface area contributed by atoms with Crippen LogP contribution < -0.4 is 4.90 Å². The van der Waals surface area contributed by atoms with Crippen molar-refractivity contribution in [1.29, 1.82) is 0 Å². The Labute approximate surface area is 332 Å². The van der Waals surface area contributed by atoms with Gasteiger partial charge in [0.1, 0.15) is 11.2 Å². The van der Waals surface area contributed by atoms with Gasteiger partial charge in [0.2, 0.25) is 0 Å². The van der Waals surface area contributed by atoms with E-state index in [1.54, 1.807) is 0 Å². The lowest BCUT2D eigenvalue weighted by Crippen LogP contribution is -2.14. The molecule has 9 aromatic carbocycles. The van der Waals surface area contributed by atoms with Gasteiger partial charge in [0.05, 0.1) is 5.69 Å². The zero-order chi connectivity index (χ0) is 38.1. The Morgan fingerprint density at radius 1 is 0.404 bits per heavy atom. The molecule has 0 atom stereocenters. The number of hydrogen-bond acceptors (Lipinski definition) is 2. The second-order valence-corrected chi connectivity index (χ2v) is 15.7. The average molecular weight is 730 g/mol. The summed E-state index contributed by atoms with van der Waals surface area (Å²) < 4.78 is 6.88. The minimum atomic E-state index is -0.115. The lowest BCUT2D eigenvalue weighted by atomic mass is 9.81. The normalized spacial score (nSPS) is 12.9. The second kappa shape index (κ2) is 13.0. The molecule has 1 heterocycles. The number of fused-ring (bicyclic) bond motifs is 8. The third-order valence-electron chi connectivity index (χ3n) is 12.1. The van der Waals surface area contributed by atoms with Crippen molar-refractivity contribution in [2.45, 2.75) is 19.3 Å². The van der Waals surface area contributed by atoms with E-state index in [0.29, 0.717) is 0 Å². The molecular formula is C55H39NO. The van der Waals surface area contributed by atoms with Crippen LogP contribution in [-0.4, -0.2) is 0 Å². The minimum absolute atomic E-state index is 0.115. The quantitative estimate of drug-likeness (QED) is 0.169. The second-order valence-electron chi connectivity index (χ2n) is 15.7. The van der Waals surface area contributed by atoms with E-state index in [0.717, 1.165) is 55.3 Å². The minimum Gasteiger partial charge on any atom is -0.455 e. The van der Waals surface area contributed by atoms with Crippen LogP contribution in [0.2, 0.25) is 0 Å². The van der Waals surface area contributed by atoms with Gasteiger partial charge in [-0.25, -0.2) is 0 Å². The van der Waals surface area contributed by atoms with Crippen LogP contribution in [0.3, 0.4) is 0 Å². The number of nitrogens with zero attached hydrogens (tertiary/aromatic N) is 1. The summed E-state index contributed by atoms with van der Waals surface area (Å²) in [6.45, 7) is 4.72. The van der Waals surface area contributed by atoms with Crippen molar-refractivity contribution in [3.63, 3.8) is 0 Å². The summed E-state index contributed by atoms with van der Waals surface area (Å²) in [6, 6.07) is 72.4. The molecule has 1 aliphatic rings. The highest BCUT2D eigenvalue weighted by molar-refractivity contribution is 6.22. The highest BCUT2D eigenvalue weighted by atomic mass is 16.3. The van der Waals surface area contributed by atoms with Gasteiger partial charge < -0.3 is 9.32 Å². The molecule has 2 nitrogen and oxygen atoms in total. The molecule has 0 amide bonds. The molecule has 0 unspecified atom stereocenters. The van der Waals surface area contributed by atoms with E-state index in [9.17, 15) is 0 Å². The fourth-order valence-corrected chi connectivity index (χ4v) is 9.32. The molecule has 10 aromatic rings. The highest BCUT2D eigenvalue weighted by Crippen LogP contribution is 2.54. The summed E-state index contributed by atoms with van der Waals surface area (Å²) in [5, 5.41) is 4.44. The van der Waals surface area contributed by atoms with Crippen LogP contribution in [0.15, 0.2) is 205 Å². The summed E-state index contributed by atoms with van der Waals surface area (Å²) in [5.74, 6) is 0. The summed E-state index contributed by atoms with van der Waals surface area (Å²) in [6.07, 6.45) is 0. The van der Waals surface area contributed by atoms with Crippen LogP contribution in [0.5, 0.6) is 0 Å².